The van der Waals surface area contributed by atoms with Gasteiger partial charge in [-0.05, 0) is 30.5 Å². The molecule has 2 aromatic rings. The van der Waals surface area contributed by atoms with E-state index in [1.54, 1.807) is 13.0 Å². The second-order valence-electron chi connectivity index (χ2n) is 7.11. The molecule has 0 atom stereocenters. The lowest BCUT2D eigenvalue weighted by molar-refractivity contribution is -0.123. The smallest absolute Gasteiger partial charge is 0.225 e. The Morgan fingerprint density at radius 1 is 1.22 bits per heavy atom. The van der Waals surface area contributed by atoms with Gasteiger partial charge in [-0.2, -0.15) is 4.98 Å². The maximum Gasteiger partial charge on any atom is 0.225 e. The van der Waals surface area contributed by atoms with E-state index in [4.69, 9.17) is 25.6 Å². The minimum Gasteiger partial charge on any atom is -0.486 e. The van der Waals surface area contributed by atoms with Crippen LogP contribution < -0.4 is 14.8 Å². The van der Waals surface area contributed by atoms with Gasteiger partial charge in [0.15, 0.2) is 17.3 Å². The average molecular weight is 392 g/mol. The van der Waals surface area contributed by atoms with E-state index in [1.807, 2.05) is 6.07 Å². The third-order valence-electron chi connectivity index (χ3n) is 5.06. The Morgan fingerprint density at radius 3 is 2.74 bits per heavy atom. The van der Waals surface area contributed by atoms with Crippen LogP contribution in [0.3, 0.4) is 0 Å². The van der Waals surface area contributed by atoms with Crippen molar-refractivity contribution >= 4 is 17.5 Å². The van der Waals surface area contributed by atoms with Crippen LogP contribution in [0.4, 0.5) is 0 Å². The van der Waals surface area contributed by atoms with Crippen molar-refractivity contribution in [2.75, 3.05) is 13.2 Å². The molecule has 2 heterocycles. The van der Waals surface area contributed by atoms with Crippen LogP contribution in [0.1, 0.15) is 49.4 Å². The number of ether oxygens (including phenoxy) is 2. The molecule has 1 N–H and O–H groups in total. The standard InChI is InChI=1S/C19H22ClN3O4/c1-12-21-18(23-27-12)19(5-3-2-4-6-19)22-16(24)11-13-9-14(20)17-15(10-13)25-7-8-26-17/h9-10H,2-8,11H2,1H3,(H,22,24). The number of aryl methyl sites for hydroxylation is 1. The molecule has 7 nitrogen and oxygen atoms in total. The molecule has 2 aliphatic rings. The van der Waals surface area contributed by atoms with Gasteiger partial charge in [-0.1, -0.05) is 36.0 Å². The van der Waals surface area contributed by atoms with Crippen molar-refractivity contribution in [2.24, 2.45) is 0 Å². The van der Waals surface area contributed by atoms with E-state index in [1.165, 1.54) is 0 Å². The number of hydrogen-bond acceptors (Lipinski definition) is 6. The number of carbonyl (C=O) groups is 1. The minimum absolute atomic E-state index is 0.105. The van der Waals surface area contributed by atoms with Gasteiger partial charge in [0, 0.05) is 6.92 Å². The number of amides is 1. The number of carbonyl (C=O) groups excluding carboxylic acids is 1. The van der Waals surface area contributed by atoms with Crippen LogP contribution in [-0.2, 0) is 16.8 Å². The normalized spacial score (nSPS) is 18.1. The zero-order chi connectivity index (χ0) is 18.9. The summed E-state index contributed by atoms with van der Waals surface area (Å²) in [6, 6.07) is 3.56. The fourth-order valence-corrected chi connectivity index (χ4v) is 4.10. The summed E-state index contributed by atoms with van der Waals surface area (Å²) in [6.45, 7) is 2.70. The van der Waals surface area contributed by atoms with Gasteiger partial charge in [0.1, 0.15) is 18.8 Å². The lowest BCUT2D eigenvalue weighted by Crippen LogP contribution is -2.48. The molecule has 1 aliphatic heterocycles. The van der Waals surface area contributed by atoms with E-state index < -0.39 is 5.54 Å². The molecule has 1 aliphatic carbocycles. The van der Waals surface area contributed by atoms with E-state index in [0.717, 1.165) is 37.7 Å². The van der Waals surface area contributed by atoms with Crippen LogP contribution in [-0.4, -0.2) is 29.3 Å². The first-order valence-corrected chi connectivity index (χ1v) is 9.63. The van der Waals surface area contributed by atoms with E-state index in [9.17, 15) is 4.79 Å². The van der Waals surface area contributed by atoms with E-state index in [0.29, 0.717) is 41.5 Å². The van der Waals surface area contributed by atoms with Gasteiger partial charge >= 0.3 is 0 Å². The number of fused-ring (bicyclic) bond motifs is 1. The van der Waals surface area contributed by atoms with Crippen molar-refractivity contribution < 1.29 is 18.8 Å². The maximum absolute atomic E-state index is 12.8. The fraction of sp³-hybridized carbons (Fsp3) is 0.526. The second kappa shape index (κ2) is 7.38. The maximum atomic E-state index is 12.8. The summed E-state index contributed by atoms with van der Waals surface area (Å²) in [5, 5.41) is 7.71. The molecular formula is C19H22ClN3O4. The zero-order valence-electron chi connectivity index (χ0n) is 15.2. The number of rotatable bonds is 4. The van der Waals surface area contributed by atoms with Gasteiger partial charge in [-0.3, -0.25) is 4.79 Å². The predicted molar refractivity (Wildman–Crippen MR) is 98.1 cm³/mol. The van der Waals surface area contributed by atoms with Crippen molar-refractivity contribution in [1.82, 2.24) is 15.5 Å². The van der Waals surface area contributed by atoms with Crippen molar-refractivity contribution in [2.45, 2.75) is 51.0 Å². The second-order valence-corrected chi connectivity index (χ2v) is 7.51. The molecule has 0 spiro atoms. The summed E-state index contributed by atoms with van der Waals surface area (Å²) in [6.07, 6.45) is 4.98. The molecule has 0 bridgehead atoms. The highest BCUT2D eigenvalue weighted by Gasteiger charge is 2.39. The summed E-state index contributed by atoms with van der Waals surface area (Å²) in [5.74, 6) is 2.08. The molecule has 0 saturated heterocycles. The molecule has 144 valence electrons. The van der Waals surface area contributed by atoms with E-state index >= 15 is 0 Å². The monoisotopic (exact) mass is 391 g/mol. The van der Waals surface area contributed by atoms with Gasteiger partial charge in [0.05, 0.1) is 11.4 Å². The van der Waals surface area contributed by atoms with Crippen LogP contribution in [0, 0.1) is 6.92 Å². The molecule has 4 rings (SSSR count). The highest BCUT2D eigenvalue weighted by molar-refractivity contribution is 6.32. The van der Waals surface area contributed by atoms with Gasteiger partial charge in [-0.25, -0.2) is 0 Å². The van der Waals surface area contributed by atoms with Crippen molar-refractivity contribution in [3.05, 3.63) is 34.4 Å². The van der Waals surface area contributed by atoms with Crippen molar-refractivity contribution in [3.8, 4) is 11.5 Å². The Labute approximate surface area is 162 Å². The van der Waals surface area contributed by atoms with Crippen molar-refractivity contribution in [3.63, 3.8) is 0 Å². The number of halogens is 1. The van der Waals surface area contributed by atoms with Crippen LogP contribution in [0.2, 0.25) is 5.02 Å². The summed E-state index contributed by atoms with van der Waals surface area (Å²) >= 11 is 6.28. The molecule has 1 fully saturated rings. The third kappa shape index (κ3) is 3.74. The molecule has 27 heavy (non-hydrogen) atoms. The molecule has 0 unspecified atom stereocenters. The number of hydrogen-bond donors (Lipinski definition) is 1. The molecule has 1 saturated carbocycles. The van der Waals surface area contributed by atoms with Gasteiger partial charge in [0.25, 0.3) is 0 Å². The first kappa shape index (κ1) is 18.1. The quantitative estimate of drug-likeness (QED) is 0.860. The first-order valence-electron chi connectivity index (χ1n) is 9.26. The number of nitrogens with zero attached hydrogens (tertiary/aromatic N) is 2. The summed E-state index contributed by atoms with van der Waals surface area (Å²) in [4.78, 5) is 17.2. The average Bonchev–Trinajstić information content (AvgIpc) is 3.09. The summed E-state index contributed by atoms with van der Waals surface area (Å²) < 4.78 is 16.3. The first-order chi connectivity index (χ1) is 13.1. The number of benzene rings is 1. The zero-order valence-corrected chi connectivity index (χ0v) is 16.0. The Morgan fingerprint density at radius 2 is 2.00 bits per heavy atom. The Bertz CT molecular complexity index is 845. The number of aromatic nitrogens is 2. The SMILES string of the molecule is Cc1nc(C2(NC(=O)Cc3cc(Cl)c4c(c3)OCCO4)CCCCC2)no1. The van der Waals surface area contributed by atoms with Gasteiger partial charge in [-0.15, -0.1) is 0 Å². The molecular weight excluding hydrogens is 370 g/mol. The molecule has 1 aromatic heterocycles. The van der Waals surface area contributed by atoms with Crippen LogP contribution in [0.5, 0.6) is 11.5 Å². The molecule has 8 heteroatoms. The summed E-state index contributed by atoms with van der Waals surface area (Å²) in [7, 11) is 0. The Kier molecular flexibility index (Phi) is 4.95. The van der Waals surface area contributed by atoms with Gasteiger partial charge < -0.3 is 19.3 Å². The van der Waals surface area contributed by atoms with Crippen molar-refractivity contribution in [1.29, 1.82) is 0 Å². The largest absolute Gasteiger partial charge is 0.486 e. The highest BCUT2D eigenvalue weighted by atomic mass is 35.5. The van der Waals surface area contributed by atoms with E-state index in [2.05, 4.69) is 15.5 Å². The summed E-state index contributed by atoms with van der Waals surface area (Å²) in [5.41, 5.74) is 0.210. The van der Waals surface area contributed by atoms with E-state index in [-0.39, 0.29) is 12.3 Å². The van der Waals surface area contributed by atoms with Crippen LogP contribution in [0.15, 0.2) is 16.7 Å². The lowest BCUT2D eigenvalue weighted by atomic mass is 9.80. The Balaban J connectivity index is 1.53. The molecule has 1 amide bonds. The number of nitrogens with one attached hydrogen (secondary N) is 1. The fourth-order valence-electron chi connectivity index (χ4n) is 3.82. The Hall–Kier alpha value is -2.28. The van der Waals surface area contributed by atoms with Crippen LogP contribution >= 0.6 is 11.6 Å². The van der Waals surface area contributed by atoms with Gasteiger partial charge in [0.2, 0.25) is 11.8 Å². The molecule has 1 aromatic carbocycles. The minimum atomic E-state index is -0.565. The molecule has 0 radical (unpaired) electrons. The predicted octanol–water partition coefficient (Wildman–Crippen LogP) is 3.32. The highest BCUT2D eigenvalue weighted by Crippen LogP contribution is 2.39. The lowest BCUT2D eigenvalue weighted by Gasteiger charge is -2.35. The topological polar surface area (TPSA) is 86.5 Å². The van der Waals surface area contributed by atoms with Crippen LogP contribution in [0.25, 0.3) is 0 Å². The third-order valence-corrected chi connectivity index (χ3v) is 5.34.